The Morgan fingerprint density at radius 3 is 1.60 bits per heavy atom. The molecule has 1 heterocycles. The van der Waals surface area contributed by atoms with Gasteiger partial charge in [-0.2, -0.15) is 0 Å². The molecule has 1 aliphatic rings. The Balaban J connectivity index is 2.74. The van der Waals surface area contributed by atoms with Gasteiger partial charge >= 0.3 is 31.2 Å². The first-order chi connectivity index (χ1) is 9.44. The number of hydrogen-bond acceptors (Lipinski definition) is 10. The van der Waals surface area contributed by atoms with Crippen LogP contribution in [-0.4, -0.2) is 64.7 Å². The summed E-state index contributed by atoms with van der Waals surface area (Å²) in [7, 11) is 1.35. The highest BCUT2D eigenvalue weighted by Gasteiger charge is 2.53. The van der Waals surface area contributed by atoms with Crippen molar-refractivity contribution in [1.29, 1.82) is 0 Å². The van der Waals surface area contributed by atoms with Gasteiger partial charge in [-0.05, 0) is 0 Å². The third kappa shape index (κ3) is 3.45. The highest BCUT2D eigenvalue weighted by atomic mass is 16.8. The van der Waals surface area contributed by atoms with Crippen molar-refractivity contribution >= 4 is 31.2 Å². The zero-order valence-corrected chi connectivity index (χ0v) is 10.8. The van der Waals surface area contributed by atoms with E-state index in [1.807, 2.05) is 0 Å². The number of hydrogen-bond donors (Lipinski definition) is 0. The summed E-state index contributed by atoms with van der Waals surface area (Å²) in [6.45, 7) is 0. The number of esters is 3. The molecule has 11 heteroatoms. The van der Waals surface area contributed by atoms with Gasteiger partial charge in [0.2, 0.25) is 0 Å². The molecule has 0 amide bonds. The molecule has 0 aromatic rings. The molecule has 0 N–H and O–H groups in total. The number of ether oxygens (including phenoxy) is 3. The highest BCUT2D eigenvalue weighted by molar-refractivity contribution is 6.46. The van der Waals surface area contributed by atoms with Crippen molar-refractivity contribution in [2.24, 2.45) is 0 Å². The highest BCUT2D eigenvalue weighted by Crippen LogP contribution is 2.20. The van der Waals surface area contributed by atoms with E-state index in [1.165, 1.54) is 0 Å². The van der Waals surface area contributed by atoms with Crippen molar-refractivity contribution < 1.29 is 47.4 Å². The van der Waals surface area contributed by atoms with Crippen LogP contribution in [0.5, 0.6) is 0 Å². The van der Waals surface area contributed by atoms with E-state index < -0.39 is 43.4 Å². The fourth-order valence-corrected chi connectivity index (χ4v) is 1.28. The van der Waals surface area contributed by atoms with Crippen molar-refractivity contribution in [2.45, 2.75) is 12.2 Å². The van der Waals surface area contributed by atoms with Crippen LogP contribution in [0.25, 0.3) is 0 Å². The van der Waals surface area contributed by atoms with Crippen LogP contribution in [0, 0.1) is 0 Å². The summed E-state index contributed by atoms with van der Waals surface area (Å²) in [6, 6.07) is 0. The third-order valence-corrected chi connectivity index (χ3v) is 2.21. The maximum atomic E-state index is 11.4. The van der Waals surface area contributed by atoms with Crippen LogP contribution in [0.3, 0.4) is 0 Å². The summed E-state index contributed by atoms with van der Waals surface area (Å²) in [5.41, 5.74) is 0. The van der Waals surface area contributed by atoms with E-state index >= 15 is 0 Å². The van der Waals surface area contributed by atoms with Crippen molar-refractivity contribution in [3.63, 3.8) is 0 Å². The lowest BCUT2D eigenvalue weighted by atomic mass is 10.2. The minimum absolute atomic E-state index is 0.933. The number of carbonyl (C=O) groups is 4. The van der Waals surface area contributed by atoms with Gasteiger partial charge in [-0.25, -0.2) is 19.2 Å². The molecule has 0 spiro atoms. The normalized spacial score (nSPS) is 21.1. The lowest BCUT2D eigenvalue weighted by Crippen LogP contribution is -2.38. The second-order valence-electron chi connectivity index (χ2n) is 3.35. The lowest BCUT2D eigenvalue weighted by Gasteiger charge is -2.12. The Bertz CT molecular complexity index is 397. The van der Waals surface area contributed by atoms with E-state index in [-0.39, 0.29) is 0 Å². The molecule has 10 nitrogen and oxygen atoms in total. The van der Waals surface area contributed by atoms with Crippen LogP contribution in [0.1, 0.15) is 0 Å². The molecule has 0 aromatic carbocycles. The molecule has 20 heavy (non-hydrogen) atoms. The average molecular weight is 290 g/mol. The van der Waals surface area contributed by atoms with Gasteiger partial charge in [-0.3, -0.25) is 0 Å². The van der Waals surface area contributed by atoms with Crippen molar-refractivity contribution in [1.82, 2.24) is 0 Å². The molecule has 0 aliphatic carbocycles. The first-order valence-corrected chi connectivity index (χ1v) is 5.20. The van der Waals surface area contributed by atoms with Crippen LogP contribution in [0.4, 0.5) is 0 Å². The minimum Gasteiger partial charge on any atom is -0.476 e. The second kappa shape index (κ2) is 6.87. The minimum atomic E-state index is -1.74. The van der Waals surface area contributed by atoms with Crippen LogP contribution >= 0.6 is 0 Å². The SMILES string of the molecule is COC(=O)C(=O)OB1OC(C(=O)OC)C(C(=O)OC)O1. The third-order valence-electron chi connectivity index (χ3n) is 2.21. The molecule has 0 bridgehead atoms. The summed E-state index contributed by atoms with van der Waals surface area (Å²) in [5, 5.41) is 0. The first kappa shape index (κ1) is 15.9. The van der Waals surface area contributed by atoms with Crippen LogP contribution in [-0.2, 0) is 47.4 Å². The monoisotopic (exact) mass is 290 g/mol. The first-order valence-electron chi connectivity index (χ1n) is 5.20. The van der Waals surface area contributed by atoms with Crippen LogP contribution in [0.2, 0.25) is 0 Å². The zero-order valence-electron chi connectivity index (χ0n) is 10.8. The number of methoxy groups -OCH3 is 3. The number of rotatable bonds is 3. The smallest absolute Gasteiger partial charge is 0.476 e. The van der Waals surface area contributed by atoms with Crippen molar-refractivity contribution in [3.8, 4) is 0 Å². The van der Waals surface area contributed by atoms with Crippen molar-refractivity contribution in [3.05, 3.63) is 0 Å². The Morgan fingerprint density at radius 1 is 0.800 bits per heavy atom. The molecule has 0 radical (unpaired) electrons. The number of carbonyl (C=O) groups excluding carboxylic acids is 4. The molecular weight excluding hydrogens is 279 g/mol. The zero-order chi connectivity index (χ0) is 15.3. The van der Waals surface area contributed by atoms with E-state index in [0.29, 0.717) is 0 Å². The maximum absolute atomic E-state index is 11.4. The Hall–Kier alpha value is -2.14. The molecule has 1 saturated heterocycles. The van der Waals surface area contributed by atoms with Gasteiger partial charge in [-0.1, -0.05) is 0 Å². The van der Waals surface area contributed by atoms with E-state index in [0.717, 1.165) is 21.3 Å². The molecule has 1 rings (SSSR count). The summed E-state index contributed by atoms with van der Waals surface area (Å²) in [6.07, 6.45) is -2.97. The fourth-order valence-electron chi connectivity index (χ4n) is 1.28. The average Bonchev–Trinajstić information content (AvgIpc) is 2.88. The molecule has 0 saturated carbocycles. The lowest BCUT2D eigenvalue weighted by molar-refractivity contribution is -0.162. The van der Waals surface area contributed by atoms with E-state index in [4.69, 9.17) is 9.31 Å². The Morgan fingerprint density at radius 2 is 1.25 bits per heavy atom. The maximum Gasteiger partial charge on any atom is 0.717 e. The Labute approximate surface area is 113 Å². The van der Waals surface area contributed by atoms with Gasteiger partial charge in [0, 0.05) is 0 Å². The van der Waals surface area contributed by atoms with Crippen LogP contribution in [0.15, 0.2) is 0 Å². The van der Waals surface area contributed by atoms with E-state index in [9.17, 15) is 19.2 Å². The Kier molecular flexibility index (Phi) is 5.47. The van der Waals surface area contributed by atoms with E-state index in [1.54, 1.807) is 0 Å². The summed E-state index contributed by atoms with van der Waals surface area (Å²) >= 11 is 0. The second-order valence-corrected chi connectivity index (χ2v) is 3.35. The van der Waals surface area contributed by atoms with E-state index in [2.05, 4.69) is 18.9 Å². The standard InChI is InChI=1S/C9H11BO10/c1-15-6(11)4-5(7(12)16-2)19-10(18-4)20-9(14)8(13)17-3/h4-5H,1-3H3. The quantitative estimate of drug-likeness (QED) is 0.245. The summed E-state index contributed by atoms with van der Waals surface area (Å²) in [5.74, 6) is -4.57. The molecule has 1 aliphatic heterocycles. The van der Waals surface area contributed by atoms with Crippen LogP contribution < -0.4 is 0 Å². The molecular formula is C9H11BO10. The molecule has 2 atom stereocenters. The molecule has 2 unspecified atom stereocenters. The predicted molar refractivity (Wildman–Crippen MR) is 57.6 cm³/mol. The van der Waals surface area contributed by atoms with Gasteiger partial charge in [0.25, 0.3) is 0 Å². The predicted octanol–water partition coefficient (Wildman–Crippen LogP) is -2.18. The van der Waals surface area contributed by atoms with Gasteiger partial charge in [0.05, 0.1) is 21.3 Å². The van der Waals surface area contributed by atoms with Gasteiger partial charge in [0.15, 0.2) is 12.2 Å². The summed E-state index contributed by atoms with van der Waals surface area (Å²) < 4.78 is 27.1. The van der Waals surface area contributed by atoms with Crippen molar-refractivity contribution in [2.75, 3.05) is 21.3 Å². The van der Waals surface area contributed by atoms with Gasteiger partial charge in [-0.15, -0.1) is 0 Å². The molecule has 1 fully saturated rings. The topological polar surface area (TPSA) is 124 Å². The largest absolute Gasteiger partial charge is 0.717 e. The van der Waals surface area contributed by atoms with Gasteiger partial charge < -0.3 is 28.2 Å². The summed E-state index contributed by atoms with van der Waals surface area (Å²) in [4.78, 5) is 44.8. The molecule has 110 valence electrons. The fraction of sp³-hybridized carbons (Fsp3) is 0.556. The molecule has 0 aromatic heterocycles. The van der Waals surface area contributed by atoms with Gasteiger partial charge in [0.1, 0.15) is 0 Å².